The van der Waals surface area contributed by atoms with Crippen LogP contribution in [0.2, 0.25) is 0 Å². The SMILES string of the molecule is C[C@@H](N)C(=O)NCc1ccc(N2CCOCC2)c(F)c1. The zero-order valence-electron chi connectivity index (χ0n) is 11.6. The van der Waals surface area contributed by atoms with Crippen LogP contribution in [0.3, 0.4) is 0 Å². The van der Waals surface area contributed by atoms with Crippen molar-refractivity contribution < 1.29 is 13.9 Å². The number of carbonyl (C=O) groups is 1. The normalized spacial score (nSPS) is 16.9. The minimum atomic E-state index is -0.563. The van der Waals surface area contributed by atoms with Crippen LogP contribution in [0.25, 0.3) is 0 Å². The molecule has 0 unspecified atom stereocenters. The van der Waals surface area contributed by atoms with Gasteiger partial charge in [-0.05, 0) is 24.6 Å². The molecule has 1 heterocycles. The topological polar surface area (TPSA) is 67.6 Å². The van der Waals surface area contributed by atoms with Crippen molar-refractivity contribution in [3.05, 3.63) is 29.6 Å². The lowest BCUT2D eigenvalue weighted by atomic mass is 10.1. The van der Waals surface area contributed by atoms with E-state index in [1.807, 2.05) is 11.0 Å². The summed E-state index contributed by atoms with van der Waals surface area (Å²) in [7, 11) is 0. The van der Waals surface area contributed by atoms with Crippen LogP contribution in [-0.2, 0) is 16.1 Å². The molecule has 0 bridgehead atoms. The van der Waals surface area contributed by atoms with E-state index in [0.717, 1.165) is 0 Å². The lowest BCUT2D eigenvalue weighted by Crippen LogP contribution is -2.38. The van der Waals surface area contributed by atoms with Crippen molar-refractivity contribution in [3.8, 4) is 0 Å². The number of hydrogen-bond acceptors (Lipinski definition) is 4. The molecule has 6 heteroatoms. The molecule has 0 aliphatic carbocycles. The highest BCUT2D eigenvalue weighted by Crippen LogP contribution is 2.21. The molecular weight excluding hydrogens is 261 g/mol. The maximum atomic E-state index is 14.1. The molecule has 1 aliphatic heterocycles. The Kier molecular flexibility index (Phi) is 4.92. The number of nitrogens with zero attached hydrogens (tertiary/aromatic N) is 1. The number of benzene rings is 1. The number of nitrogens with one attached hydrogen (secondary N) is 1. The average Bonchev–Trinajstić information content (AvgIpc) is 2.45. The Balaban J connectivity index is 2.00. The number of ether oxygens (including phenoxy) is 1. The standard InChI is InChI=1S/C14H20FN3O2/c1-10(16)14(19)17-9-11-2-3-13(12(15)8-11)18-4-6-20-7-5-18/h2-3,8,10H,4-7,9,16H2,1H3,(H,17,19)/t10-/m1/s1. The molecule has 0 aromatic heterocycles. The van der Waals surface area contributed by atoms with Crippen LogP contribution < -0.4 is 16.0 Å². The van der Waals surface area contributed by atoms with Gasteiger partial charge in [-0.1, -0.05) is 6.07 Å². The van der Waals surface area contributed by atoms with E-state index in [-0.39, 0.29) is 18.3 Å². The zero-order chi connectivity index (χ0) is 14.5. The molecule has 0 saturated carbocycles. The van der Waals surface area contributed by atoms with Gasteiger partial charge < -0.3 is 20.7 Å². The molecule has 110 valence electrons. The number of halogens is 1. The molecule has 1 aromatic carbocycles. The third-order valence-corrected chi connectivity index (χ3v) is 3.24. The molecule has 1 saturated heterocycles. The van der Waals surface area contributed by atoms with Crippen LogP contribution in [0.1, 0.15) is 12.5 Å². The summed E-state index contributed by atoms with van der Waals surface area (Å²) >= 11 is 0. The van der Waals surface area contributed by atoms with Gasteiger partial charge in [0.15, 0.2) is 0 Å². The second-order valence-corrected chi connectivity index (χ2v) is 4.89. The fraction of sp³-hybridized carbons (Fsp3) is 0.500. The van der Waals surface area contributed by atoms with Crippen molar-refractivity contribution in [1.29, 1.82) is 0 Å². The van der Waals surface area contributed by atoms with E-state index >= 15 is 0 Å². The molecule has 1 aliphatic rings. The van der Waals surface area contributed by atoms with Gasteiger partial charge in [-0.25, -0.2) is 4.39 Å². The summed E-state index contributed by atoms with van der Waals surface area (Å²) in [4.78, 5) is 13.3. The van der Waals surface area contributed by atoms with Gasteiger partial charge in [0.1, 0.15) is 5.82 Å². The molecule has 2 rings (SSSR count). The fourth-order valence-electron chi connectivity index (χ4n) is 2.07. The van der Waals surface area contributed by atoms with Crippen LogP contribution in [0.5, 0.6) is 0 Å². The first-order valence-corrected chi connectivity index (χ1v) is 6.72. The molecular formula is C14H20FN3O2. The van der Waals surface area contributed by atoms with Crippen LogP contribution >= 0.6 is 0 Å². The minimum absolute atomic E-state index is 0.248. The predicted octanol–water partition coefficient (Wildman–Crippen LogP) is 0.626. The maximum Gasteiger partial charge on any atom is 0.236 e. The summed E-state index contributed by atoms with van der Waals surface area (Å²) in [6, 6.07) is 4.45. The molecule has 1 aromatic rings. The van der Waals surface area contributed by atoms with Gasteiger partial charge in [0, 0.05) is 19.6 Å². The molecule has 3 N–H and O–H groups in total. The Morgan fingerprint density at radius 2 is 2.20 bits per heavy atom. The number of anilines is 1. The van der Waals surface area contributed by atoms with Gasteiger partial charge in [-0.2, -0.15) is 0 Å². The average molecular weight is 281 g/mol. The molecule has 5 nitrogen and oxygen atoms in total. The van der Waals surface area contributed by atoms with Crippen LogP contribution in [0.15, 0.2) is 18.2 Å². The molecule has 0 spiro atoms. The summed E-state index contributed by atoms with van der Waals surface area (Å²) in [5, 5.41) is 2.66. The summed E-state index contributed by atoms with van der Waals surface area (Å²) in [6.45, 7) is 4.50. The monoisotopic (exact) mass is 281 g/mol. The Morgan fingerprint density at radius 3 is 2.80 bits per heavy atom. The van der Waals surface area contributed by atoms with Crippen molar-refractivity contribution >= 4 is 11.6 Å². The van der Waals surface area contributed by atoms with Crippen molar-refractivity contribution in [1.82, 2.24) is 5.32 Å². The third-order valence-electron chi connectivity index (χ3n) is 3.24. The van der Waals surface area contributed by atoms with E-state index in [1.165, 1.54) is 6.07 Å². The number of rotatable bonds is 4. The highest BCUT2D eigenvalue weighted by Gasteiger charge is 2.15. The molecule has 1 atom stereocenters. The van der Waals surface area contributed by atoms with E-state index in [0.29, 0.717) is 37.6 Å². The lowest BCUT2D eigenvalue weighted by molar-refractivity contribution is -0.122. The molecule has 1 amide bonds. The number of carbonyl (C=O) groups excluding carboxylic acids is 1. The minimum Gasteiger partial charge on any atom is -0.378 e. The van der Waals surface area contributed by atoms with Gasteiger partial charge in [0.2, 0.25) is 5.91 Å². The number of amides is 1. The van der Waals surface area contributed by atoms with Gasteiger partial charge in [-0.15, -0.1) is 0 Å². The third kappa shape index (κ3) is 3.68. The Bertz CT molecular complexity index is 473. The van der Waals surface area contributed by atoms with Gasteiger partial charge in [0.05, 0.1) is 24.9 Å². The van der Waals surface area contributed by atoms with Crippen LogP contribution in [-0.4, -0.2) is 38.3 Å². The smallest absolute Gasteiger partial charge is 0.236 e. The van der Waals surface area contributed by atoms with Gasteiger partial charge >= 0.3 is 0 Å². The largest absolute Gasteiger partial charge is 0.378 e. The van der Waals surface area contributed by atoms with E-state index < -0.39 is 6.04 Å². The lowest BCUT2D eigenvalue weighted by Gasteiger charge is -2.29. The van der Waals surface area contributed by atoms with Crippen molar-refractivity contribution in [2.24, 2.45) is 5.73 Å². The Morgan fingerprint density at radius 1 is 1.50 bits per heavy atom. The summed E-state index contributed by atoms with van der Waals surface area (Å²) in [5.74, 6) is -0.526. The molecule has 1 fully saturated rings. The van der Waals surface area contributed by atoms with Gasteiger partial charge in [-0.3, -0.25) is 4.79 Å². The second kappa shape index (κ2) is 6.67. The van der Waals surface area contributed by atoms with E-state index in [4.69, 9.17) is 10.5 Å². The first-order valence-electron chi connectivity index (χ1n) is 6.72. The number of nitrogens with two attached hydrogens (primary N) is 1. The highest BCUT2D eigenvalue weighted by molar-refractivity contribution is 5.80. The Hall–Kier alpha value is -1.66. The zero-order valence-corrected chi connectivity index (χ0v) is 11.6. The van der Waals surface area contributed by atoms with Gasteiger partial charge in [0.25, 0.3) is 0 Å². The predicted molar refractivity (Wildman–Crippen MR) is 74.9 cm³/mol. The summed E-state index contributed by atoms with van der Waals surface area (Å²) < 4.78 is 19.3. The maximum absolute atomic E-state index is 14.1. The molecule has 0 radical (unpaired) electrons. The summed E-state index contributed by atoms with van der Waals surface area (Å²) in [5.41, 5.74) is 6.74. The second-order valence-electron chi connectivity index (χ2n) is 4.89. The van der Waals surface area contributed by atoms with Crippen molar-refractivity contribution in [3.63, 3.8) is 0 Å². The first-order chi connectivity index (χ1) is 9.58. The quantitative estimate of drug-likeness (QED) is 0.849. The van der Waals surface area contributed by atoms with E-state index in [9.17, 15) is 9.18 Å². The van der Waals surface area contributed by atoms with E-state index in [1.54, 1.807) is 13.0 Å². The first kappa shape index (κ1) is 14.7. The molecule has 20 heavy (non-hydrogen) atoms. The van der Waals surface area contributed by atoms with Crippen LogP contribution in [0, 0.1) is 5.82 Å². The number of hydrogen-bond donors (Lipinski definition) is 2. The fourth-order valence-corrected chi connectivity index (χ4v) is 2.07. The van der Waals surface area contributed by atoms with Crippen molar-refractivity contribution in [2.75, 3.05) is 31.2 Å². The van der Waals surface area contributed by atoms with E-state index in [2.05, 4.69) is 5.32 Å². The van der Waals surface area contributed by atoms with Crippen molar-refractivity contribution in [2.45, 2.75) is 19.5 Å². The summed E-state index contributed by atoms with van der Waals surface area (Å²) in [6.07, 6.45) is 0. The van der Waals surface area contributed by atoms with Crippen LogP contribution in [0.4, 0.5) is 10.1 Å². The number of morpholine rings is 1. The Labute approximate surface area is 117 Å². The highest BCUT2D eigenvalue weighted by atomic mass is 19.1.